The SMILES string of the molecule is Clc1ccccc1Oc1ccc(C2CCCC2)cc1. The maximum Gasteiger partial charge on any atom is 0.146 e. The fourth-order valence-corrected chi connectivity index (χ4v) is 2.90. The summed E-state index contributed by atoms with van der Waals surface area (Å²) < 4.78 is 5.79. The lowest BCUT2D eigenvalue weighted by Gasteiger charge is -2.11. The molecule has 0 radical (unpaired) electrons. The van der Waals surface area contributed by atoms with Crippen LogP contribution >= 0.6 is 11.6 Å². The summed E-state index contributed by atoms with van der Waals surface area (Å²) in [4.78, 5) is 0. The van der Waals surface area contributed by atoms with Crippen molar-refractivity contribution < 1.29 is 4.74 Å². The second-order valence-electron chi connectivity index (χ2n) is 5.08. The van der Waals surface area contributed by atoms with Gasteiger partial charge in [0.25, 0.3) is 0 Å². The highest BCUT2D eigenvalue weighted by Crippen LogP contribution is 2.35. The summed E-state index contributed by atoms with van der Waals surface area (Å²) in [6, 6.07) is 16.0. The Bertz CT molecular complexity index is 541. The van der Waals surface area contributed by atoms with Crippen LogP contribution in [0.4, 0.5) is 0 Å². The molecule has 3 rings (SSSR count). The molecule has 1 fully saturated rings. The van der Waals surface area contributed by atoms with Crippen LogP contribution in [-0.4, -0.2) is 0 Å². The van der Waals surface area contributed by atoms with Crippen LogP contribution in [0.2, 0.25) is 5.02 Å². The van der Waals surface area contributed by atoms with Crippen LogP contribution in [0.3, 0.4) is 0 Å². The first-order valence-corrected chi connectivity index (χ1v) is 7.23. The van der Waals surface area contributed by atoms with E-state index in [1.807, 2.05) is 36.4 Å². The molecular formula is C17H17ClO. The quantitative estimate of drug-likeness (QED) is 0.687. The number of hydrogen-bond donors (Lipinski definition) is 0. The van der Waals surface area contributed by atoms with Crippen molar-refractivity contribution in [3.8, 4) is 11.5 Å². The molecule has 0 spiro atoms. The molecule has 1 saturated carbocycles. The molecule has 1 aliphatic carbocycles. The maximum atomic E-state index is 6.08. The van der Waals surface area contributed by atoms with E-state index in [9.17, 15) is 0 Å². The Morgan fingerprint density at radius 1 is 0.895 bits per heavy atom. The average Bonchev–Trinajstić information content (AvgIpc) is 2.96. The zero-order chi connectivity index (χ0) is 13.1. The zero-order valence-electron chi connectivity index (χ0n) is 10.8. The van der Waals surface area contributed by atoms with E-state index in [0.29, 0.717) is 10.8 Å². The molecule has 19 heavy (non-hydrogen) atoms. The van der Waals surface area contributed by atoms with Crippen molar-refractivity contribution in [3.05, 3.63) is 59.1 Å². The van der Waals surface area contributed by atoms with E-state index in [-0.39, 0.29) is 0 Å². The second kappa shape index (κ2) is 5.66. The third-order valence-corrected chi connectivity index (χ3v) is 4.08. The Morgan fingerprint density at radius 3 is 2.26 bits per heavy atom. The largest absolute Gasteiger partial charge is 0.456 e. The van der Waals surface area contributed by atoms with Gasteiger partial charge in [0.1, 0.15) is 11.5 Å². The molecule has 0 saturated heterocycles. The van der Waals surface area contributed by atoms with Gasteiger partial charge in [0.15, 0.2) is 0 Å². The van der Waals surface area contributed by atoms with E-state index in [1.165, 1.54) is 31.2 Å². The van der Waals surface area contributed by atoms with Gasteiger partial charge in [-0.1, -0.05) is 48.7 Å². The zero-order valence-corrected chi connectivity index (χ0v) is 11.6. The van der Waals surface area contributed by atoms with Crippen molar-refractivity contribution in [2.75, 3.05) is 0 Å². The van der Waals surface area contributed by atoms with E-state index >= 15 is 0 Å². The first-order chi connectivity index (χ1) is 9.33. The second-order valence-corrected chi connectivity index (χ2v) is 5.49. The van der Waals surface area contributed by atoms with Crippen molar-refractivity contribution >= 4 is 11.6 Å². The molecule has 0 aromatic heterocycles. The highest BCUT2D eigenvalue weighted by Gasteiger charge is 2.16. The average molecular weight is 273 g/mol. The molecule has 1 aliphatic rings. The topological polar surface area (TPSA) is 9.23 Å². The van der Waals surface area contributed by atoms with Crippen molar-refractivity contribution in [3.63, 3.8) is 0 Å². The highest BCUT2D eigenvalue weighted by molar-refractivity contribution is 6.32. The molecule has 0 unspecified atom stereocenters. The summed E-state index contributed by atoms with van der Waals surface area (Å²) in [6.45, 7) is 0. The normalized spacial score (nSPS) is 15.6. The summed E-state index contributed by atoms with van der Waals surface area (Å²) in [7, 11) is 0. The van der Waals surface area contributed by atoms with Crippen molar-refractivity contribution in [1.82, 2.24) is 0 Å². The molecular weight excluding hydrogens is 256 g/mol. The molecule has 2 aromatic carbocycles. The van der Waals surface area contributed by atoms with E-state index in [0.717, 1.165) is 11.7 Å². The predicted octanol–water partition coefficient (Wildman–Crippen LogP) is 5.79. The summed E-state index contributed by atoms with van der Waals surface area (Å²) in [5, 5.41) is 0.641. The van der Waals surface area contributed by atoms with Crippen LogP contribution in [0.25, 0.3) is 0 Å². The summed E-state index contributed by atoms with van der Waals surface area (Å²) >= 11 is 6.08. The monoisotopic (exact) mass is 272 g/mol. The molecule has 0 aliphatic heterocycles. The minimum Gasteiger partial charge on any atom is -0.456 e. The van der Waals surface area contributed by atoms with E-state index in [4.69, 9.17) is 16.3 Å². The van der Waals surface area contributed by atoms with Gasteiger partial charge in [-0.2, -0.15) is 0 Å². The van der Waals surface area contributed by atoms with E-state index in [1.54, 1.807) is 0 Å². The number of ether oxygens (including phenoxy) is 1. The highest BCUT2D eigenvalue weighted by atomic mass is 35.5. The van der Waals surface area contributed by atoms with Gasteiger partial charge in [-0.25, -0.2) is 0 Å². The Labute approximate surface area is 119 Å². The van der Waals surface area contributed by atoms with E-state index in [2.05, 4.69) is 12.1 Å². The van der Waals surface area contributed by atoms with Gasteiger partial charge in [0.05, 0.1) is 5.02 Å². The summed E-state index contributed by atoms with van der Waals surface area (Å²) in [5.41, 5.74) is 1.43. The fraction of sp³-hybridized carbons (Fsp3) is 0.294. The Balaban J connectivity index is 1.74. The number of halogens is 1. The Kier molecular flexibility index (Phi) is 3.74. The van der Waals surface area contributed by atoms with Crippen molar-refractivity contribution in [1.29, 1.82) is 0 Å². The lowest BCUT2D eigenvalue weighted by molar-refractivity contribution is 0.482. The minimum atomic E-state index is 0.641. The van der Waals surface area contributed by atoms with Gasteiger partial charge in [0, 0.05) is 0 Å². The number of rotatable bonds is 3. The van der Waals surface area contributed by atoms with Gasteiger partial charge >= 0.3 is 0 Å². The van der Waals surface area contributed by atoms with Crippen LogP contribution in [0.5, 0.6) is 11.5 Å². The van der Waals surface area contributed by atoms with Gasteiger partial charge in [-0.15, -0.1) is 0 Å². The first-order valence-electron chi connectivity index (χ1n) is 6.85. The number of hydrogen-bond acceptors (Lipinski definition) is 1. The molecule has 0 bridgehead atoms. The van der Waals surface area contributed by atoms with E-state index < -0.39 is 0 Å². The molecule has 0 heterocycles. The van der Waals surface area contributed by atoms with Crippen LogP contribution < -0.4 is 4.74 Å². The number of benzene rings is 2. The number of para-hydroxylation sites is 1. The Morgan fingerprint density at radius 2 is 1.58 bits per heavy atom. The predicted molar refractivity (Wildman–Crippen MR) is 79.2 cm³/mol. The Hall–Kier alpha value is -1.47. The molecule has 0 amide bonds. The van der Waals surface area contributed by atoms with Crippen LogP contribution in [-0.2, 0) is 0 Å². The smallest absolute Gasteiger partial charge is 0.146 e. The van der Waals surface area contributed by atoms with Crippen molar-refractivity contribution in [2.45, 2.75) is 31.6 Å². The fourth-order valence-electron chi connectivity index (χ4n) is 2.72. The molecule has 98 valence electrons. The standard InChI is InChI=1S/C17H17ClO/c18-16-7-3-4-8-17(16)19-15-11-9-14(10-12-15)13-5-1-2-6-13/h3-4,7-13H,1-2,5-6H2. The van der Waals surface area contributed by atoms with Gasteiger partial charge in [-0.05, 0) is 48.6 Å². The van der Waals surface area contributed by atoms with Gasteiger partial charge < -0.3 is 4.74 Å². The van der Waals surface area contributed by atoms with Crippen LogP contribution in [0.1, 0.15) is 37.2 Å². The lowest BCUT2D eigenvalue weighted by atomic mass is 9.98. The van der Waals surface area contributed by atoms with Crippen molar-refractivity contribution in [2.24, 2.45) is 0 Å². The minimum absolute atomic E-state index is 0.641. The summed E-state index contributed by atoms with van der Waals surface area (Å²) in [5.74, 6) is 2.29. The van der Waals surface area contributed by atoms with Gasteiger partial charge in [-0.3, -0.25) is 0 Å². The summed E-state index contributed by atoms with van der Waals surface area (Å²) in [6.07, 6.45) is 5.38. The third kappa shape index (κ3) is 2.93. The molecule has 2 heteroatoms. The third-order valence-electron chi connectivity index (χ3n) is 3.77. The molecule has 1 nitrogen and oxygen atoms in total. The van der Waals surface area contributed by atoms with Crippen LogP contribution in [0, 0.1) is 0 Å². The molecule has 2 aromatic rings. The molecule has 0 atom stereocenters. The first kappa shape index (κ1) is 12.6. The lowest BCUT2D eigenvalue weighted by Crippen LogP contribution is -1.92. The maximum absolute atomic E-state index is 6.08. The van der Waals surface area contributed by atoms with Gasteiger partial charge in [0.2, 0.25) is 0 Å². The molecule has 0 N–H and O–H groups in total. The van der Waals surface area contributed by atoms with Crippen LogP contribution in [0.15, 0.2) is 48.5 Å².